The molecule has 2 aromatic heterocycles. The van der Waals surface area contributed by atoms with Crippen LogP contribution in [0.4, 0.5) is 5.69 Å². The highest BCUT2D eigenvalue weighted by atomic mass is 32.1. The van der Waals surface area contributed by atoms with Gasteiger partial charge in [0, 0.05) is 47.5 Å². The highest BCUT2D eigenvalue weighted by Gasteiger charge is 2.42. The van der Waals surface area contributed by atoms with Gasteiger partial charge < -0.3 is 20.1 Å². The van der Waals surface area contributed by atoms with Crippen molar-refractivity contribution in [2.24, 2.45) is 0 Å². The Labute approximate surface area is 229 Å². The van der Waals surface area contributed by atoms with Crippen molar-refractivity contribution >= 4 is 28.9 Å². The lowest BCUT2D eigenvalue weighted by Gasteiger charge is -2.29. The van der Waals surface area contributed by atoms with Gasteiger partial charge in [-0.3, -0.25) is 9.78 Å². The number of thiocarbonyl (C=S) groups is 1. The van der Waals surface area contributed by atoms with E-state index in [0.717, 1.165) is 28.3 Å². The minimum atomic E-state index is -0.132. The summed E-state index contributed by atoms with van der Waals surface area (Å²) in [6, 6.07) is 24.0. The molecule has 5 rings (SSSR count). The minimum Gasteiger partial charge on any atom is -0.352 e. The molecule has 194 valence electrons. The van der Waals surface area contributed by atoms with Gasteiger partial charge in [-0.15, -0.1) is 0 Å². The summed E-state index contributed by atoms with van der Waals surface area (Å²) >= 11 is 5.86. The van der Waals surface area contributed by atoms with Crippen molar-refractivity contribution in [3.63, 3.8) is 0 Å². The molecule has 1 aliphatic rings. The lowest BCUT2D eigenvalue weighted by molar-refractivity contribution is -0.116. The van der Waals surface area contributed by atoms with E-state index >= 15 is 0 Å². The quantitative estimate of drug-likeness (QED) is 0.286. The molecule has 0 aliphatic carbocycles. The third-order valence-electron chi connectivity index (χ3n) is 7.40. The van der Waals surface area contributed by atoms with Gasteiger partial charge >= 0.3 is 0 Å². The highest BCUT2D eigenvalue weighted by molar-refractivity contribution is 7.80. The maximum atomic E-state index is 12.9. The predicted molar refractivity (Wildman–Crippen MR) is 157 cm³/mol. The van der Waals surface area contributed by atoms with Crippen molar-refractivity contribution in [3.05, 3.63) is 113 Å². The molecule has 1 fully saturated rings. The van der Waals surface area contributed by atoms with Gasteiger partial charge in [-0.1, -0.05) is 36.4 Å². The molecule has 6 nitrogen and oxygen atoms in total. The van der Waals surface area contributed by atoms with Crippen molar-refractivity contribution in [1.29, 1.82) is 0 Å². The van der Waals surface area contributed by atoms with Gasteiger partial charge in [0.1, 0.15) is 0 Å². The first-order valence-electron chi connectivity index (χ1n) is 12.9. The second kappa shape index (κ2) is 10.8. The Morgan fingerprint density at radius 1 is 0.974 bits per heavy atom. The minimum absolute atomic E-state index is 0.0371. The monoisotopic (exact) mass is 523 g/mol. The van der Waals surface area contributed by atoms with Gasteiger partial charge in [0.2, 0.25) is 5.91 Å². The summed E-state index contributed by atoms with van der Waals surface area (Å²) < 4.78 is 2.31. The van der Waals surface area contributed by atoms with Crippen LogP contribution in [0.5, 0.6) is 0 Å². The van der Waals surface area contributed by atoms with Crippen molar-refractivity contribution in [3.8, 4) is 5.69 Å². The molecule has 7 heteroatoms. The summed E-state index contributed by atoms with van der Waals surface area (Å²) in [5.74, 6) is -0.0371. The molecule has 1 aliphatic heterocycles. The molecule has 0 saturated carbocycles. The SMILES string of the molecule is Cc1cccc(NC(=O)CCN2C(=S)N[C@H](c3ccccn3)[C@H]2c2c(C)c(C)n(-c3ccccc3)c2C)c1. The van der Waals surface area contributed by atoms with Crippen LogP contribution >= 0.6 is 12.2 Å². The zero-order valence-corrected chi connectivity index (χ0v) is 23.0. The Bertz CT molecular complexity index is 1460. The molecule has 2 N–H and O–H groups in total. The van der Waals surface area contributed by atoms with Crippen LogP contribution in [0.25, 0.3) is 5.69 Å². The van der Waals surface area contributed by atoms with Crippen LogP contribution in [0, 0.1) is 27.7 Å². The van der Waals surface area contributed by atoms with Gasteiger partial charge in [-0.2, -0.15) is 0 Å². The van der Waals surface area contributed by atoms with Crippen molar-refractivity contribution < 1.29 is 4.79 Å². The fraction of sp³-hybridized carbons (Fsp3) is 0.258. The zero-order chi connectivity index (χ0) is 26.8. The number of hydrogen-bond donors (Lipinski definition) is 2. The first kappa shape index (κ1) is 25.7. The van der Waals surface area contributed by atoms with E-state index in [1.807, 2.05) is 61.7 Å². The summed E-state index contributed by atoms with van der Waals surface area (Å²) in [5.41, 5.74) is 8.76. The Hall–Kier alpha value is -3.97. The van der Waals surface area contributed by atoms with E-state index in [2.05, 4.69) is 70.1 Å². The van der Waals surface area contributed by atoms with E-state index in [1.54, 1.807) is 0 Å². The molecule has 0 bridgehead atoms. The number of hydrogen-bond acceptors (Lipinski definition) is 3. The van der Waals surface area contributed by atoms with E-state index in [0.29, 0.717) is 18.1 Å². The van der Waals surface area contributed by atoms with Crippen LogP contribution < -0.4 is 10.6 Å². The van der Waals surface area contributed by atoms with Gasteiger partial charge in [0.25, 0.3) is 0 Å². The number of aryl methyl sites for hydroxylation is 1. The van der Waals surface area contributed by atoms with Gasteiger partial charge in [0.05, 0.1) is 17.8 Å². The summed E-state index contributed by atoms with van der Waals surface area (Å²) in [7, 11) is 0. The fourth-order valence-corrected chi connectivity index (χ4v) is 5.87. The number of benzene rings is 2. The number of carbonyl (C=O) groups excluding carboxylic acids is 1. The average molecular weight is 524 g/mol. The Morgan fingerprint density at radius 2 is 1.74 bits per heavy atom. The third-order valence-corrected chi connectivity index (χ3v) is 7.75. The van der Waals surface area contributed by atoms with Crippen molar-refractivity contribution in [2.75, 3.05) is 11.9 Å². The van der Waals surface area contributed by atoms with E-state index in [9.17, 15) is 4.79 Å². The molecule has 0 spiro atoms. The number of pyridine rings is 1. The second-order valence-electron chi connectivity index (χ2n) is 9.87. The molecule has 0 unspecified atom stereocenters. The van der Waals surface area contributed by atoms with Gasteiger partial charge in [0.15, 0.2) is 5.11 Å². The number of nitrogens with zero attached hydrogens (tertiary/aromatic N) is 3. The zero-order valence-electron chi connectivity index (χ0n) is 22.2. The number of para-hydroxylation sites is 1. The van der Waals surface area contributed by atoms with Crippen molar-refractivity contribution in [1.82, 2.24) is 19.8 Å². The summed E-state index contributed by atoms with van der Waals surface area (Å²) in [4.78, 5) is 19.8. The normalized spacial score (nSPS) is 16.9. The molecule has 0 radical (unpaired) electrons. The van der Waals surface area contributed by atoms with Crippen LogP contribution in [0.2, 0.25) is 0 Å². The second-order valence-corrected chi connectivity index (χ2v) is 10.3. The number of anilines is 1. The predicted octanol–water partition coefficient (Wildman–Crippen LogP) is 6.11. The molecule has 3 heterocycles. The van der Waals surface area contributed by atoms with E-state index in [4.69, 9.17) is 12.2 Å². The fourth-order valence-electron chi connectivity index (χ4n) is 5.53. The Kier molecular flexibility index (Phi) is 7.29. The molecular weight excluding hydrogens is 490 g/mol. The molecular formula is C31H33N5OS. The maximum Gasteiger partial charge on any atom is 0.226 e. The molecule has 1 saturated heterocycles. The highest BCUT2D eigenvalue weighted by Crippen LogP contribution is 2.43. The first-order chi connectivity index (χ1) is 18.3. The third kappa shape index (κ3) is 4.94. The maximum absolute atomic E-state index is 12.9. The number of carbonyl (C=O) groups is 1. The number of nitrogens with one attached hydrogen (secondary N) is 2. The summed E-state index contributed by atoms with van der Waals surface area (Å²) in [6.45, 7) is 9.01. The number of amides is 1. The first-order valence-corrected chi connectivity index (χ1v) is 13.3. The van der Waals surface area contributed by atoms with Crippen LogP contribution in [0.1, 0.15) is 52.3 Å². The molecule has 1 amide bonds. The van der Waals surface area contributed by atoms with Gasteiger partial charge in [-0.25, -0.2) is 0 Å². The summed E-state index contributed by atoms with van der Waals surface area (Å²) in [6.07, 6.45) is 2.13. The standard InChI is InChI=1S/C31H33N5OS/c1-20-11-10-12-24(19-20)33-27(37)16-18-35-30(29(34-31(35)38)26-15-8-9-17-32-26)28-21(2)22(3)36(23(28)4)25-13-6-5-7-14-25/h5-15,17,19,29-30H,16,18H2,1-4H3,(H,33,37)(H,34,38)/t29-,30-/m1/s1. The van der Waals surface area contributed by atoms with E-state index in [1.165, 1.54) is 16.8 Å². The molecule has 4 aromatic rings. The van der Waals surface area contributed by atoms with Crippen LogP contribution in [-0.2, 0) is 4.79 Å². The summed E-state index contributed by atoms with van der Waals surface area (Å²) in [5, 5.41) is 7.19. The largest absolute Gasteiger partial charge is 0.352 e. The van der Waals surface area contributed by atoms with Crippen molar-refractivity contribution in [2.45, 2.75) is 46.2 Å². The lowest BCUT2D eigenvalue weighted by atomic mass is 9.93. The van der Waals surface area contributed by atoms with E-state index < -0.39 is 0 Å². The molecule has 38 heavy (non-hydrogen) atoms. The van der Waals surface area contributed by atoms with Crippen LogP contribution in [0.15, 0.2) is 79.0 Å². The number of aromatic nitrogens is 2. The molecule has 2 aromatic carbocycles. The Balaban J connectivity index is 1.50. The number of rotatable bonds is 7. The van der Waals surface area contributed by atoms with E-state index in [-0.39, 0.29) is 18.0 Å². The lowest BCUT2D eigenvalue weighted by Crippen LogP contribution is -2.33. The smallest absolute Gasteiger partial charge is 0.226 e. The molecule has 2 atom stereocenters. The average Bonchev–Trinajstić information content (AvgIpc) is 3.35. The van der Waals surface area contributed by atoms with Gasteiger partial charge in [-0.05, 0) is 87.4 Å². The Morgan fingerprint density at radius 3 is 2.45 bits per heavy atom. The topological polar surface area (TPSA) is 62.2 Å². The van der Waals surface area contributed by atoms with Crippen LogP contribution in [-0.4, -0.2) is 32.0 Å². The van der Waals surface area contributed by atoms with Crippen LogP contribution in [0.3, 0.4) is 0 Å².